The maximum atomic E-state index is 2.25. The van der Waals surface area contributed by atoms with Gasteiger partial charge < -0.3 is 0 Å². The van der Waals surface area contributed by atoms with Crippen molar-refractivity contribution in [3.8, 4) is 0 Å². The SMILES string of the molecule is CCCc1ccccc1SSc1ccccc1CCC. The highest BCUT2D eigenvalue weighted by Crippen LogP contribution is 2.40. The minimum Gasteiger partial charge on any atom is -0.0651 e. The Morgan fingerprint density at radius 2 is 1.05 bits per heavy atom. The second-order valence-corrected chi connectivity index (χ2v) is 7.10. The lowest BCUT2D eigenvalue weighted by Crippen LogP contribution is -1.87. The molecule has 0 aliphatic rings. The monoisotopic (exact) mass is 302 g/mol. The molecule has 2 heteroatoms. The molecule has 0 heterocycles. The largest absolute Gasteiger partial charge is 0.0651 e. The maximum Gasteiger partial charge on any atom is 0.0218 e. The zero-order chi connectivity index (χ0) is 14.2. The molecule has 0 atom stereocenters. The van der Waals surface area contributed by atoms with Crippen molar-refractivity contribution in [3.05, 3.63) is 59.7 Å². The minimum atomic E-state index is 1.17. The van der Waals surface area contributed by atoms with Crippen LogP contribution in [0, 0.1) is 0 Å². The smallest absolute Gasteiger partial charge is 0.0218 e. The van der Waals surface area contributed by atoms with E-state index in [-0.39, 0.29) is 0 Å². The number of rotatable bonds is 7. The molecule has 0 nitrogen and oxygen atoms in total. The molecule has 0 spiro atoms. The first-order valence-electron chi connectivity index (χ1n) is 7.35. The van der Waals surface area contributed by atoms with Crippen LogP contribution in [0.4, 0.5) is 0 Å². The van der Waals surface area contributed by atoms with E-state index < -0.39 is 0 Å². The Labute approximate surface area is 130 Å². The van der Waals surface area contributed by atoms with Crippen LogP contribution in [0.3, 0.4) is 0 Å². The van der Waals surface area contributed by atoms with Crippen molar-refractivity contribution in [2.75, 3.05) is 0 Å². The van der Waals surface area contributed by atoms with Crippen LogP contribution in [0.2, 0.25) is 0 Å². The average Bonchev–Trinajstić information content (AvgIpc) is 2.48. The van der Waals surface area contributed by atoms with Crippen molar-refractivity contribution >= 4 is 21.6 Å². The van der Waals surface area contributed by atoms with Gasteiger partial charge in [0.25, 0.3) is 0 Å². The van der Waals surface area contributed by atoms with Gasteiger partial charge in [0.05, 0.1) is 0 Å². The summed E-state index contributed by atoms with van der Waals surface area (Å²) in [7, 11) is 3.79. The quantitative estimate of drug-likeness (QED) is 0.543. The van der Waals surface area contributed by atoms with Crippen LogP contribution in [-0.2, 0) is 12.8 Å². The maximum absolute atomic E-state index is 2.25. The van der Waals surface area contributed by atoms with E-state index in [4.69, 9.17) is 0 Å². The van der Waals surface area contributed by atoms with Gasteiger partial charge in [0, 0.05) is 9.79 Å². The summed E-state index contributed by atoms with van der Waals surface area (Å²) in [6, 6.07) is 17.6. The van der Waals surface area contributed by atoms with Crippen LogP contribution in [0.5, 0.6) is 0 Å². The molecule has 0 N–H and O–H groups in total. The molecule has 0 fully saturated rings. The molecule has 0 unspecified atom stereocenters. The van der Waals surface area contributed by atoms with Crippen LogP contribution < -0.4 is 0 Å². The molecule has 2 rings (SSSR count). The van der Waals surface area contributed by atoms with Crippen molar-refractivity contribution in [2.24, 2.45) is 0 Å². The molecule has 0 bridgehead atoms. The lowest BCUT2D eigenvalue weighted by molar-refractivity contribution is 0.900. The predicted molar refractivity (Wildman–Crippen MR) is 92.6 cm³/mol. The van der Waals surface area contributed by atoms with Gasteiger partial charge in [0.2, 0.25) is 0 Å². The molecule has 0 amide bonds. The van der Waals surface area contributed by atoms with E-state index >= 15 is 0 Å². The van der Waals surface area contributed by atoms with Crippen LogP contribution in [0.1, 0.15) is 37.8 Å². The highest BCUT2D eigenvalue weighted by molar-refractivity contribution is 8.76. The van der Waals surface area contributed by atoms with Crippen LogP contribution >= 0.6 is 21.6 Å². The first kappa shape index (κ1) is 15.5. The second kappa shape index (κ2) is 8.43. The topological polar surface area (TPSA) is 0 Å². The van der Waals surface area contributed by atoms with Crippen LogP contribution in [0.25, 0.3) is 0 Å². The van der Waals surface area contributed by atoms with E-state index in [1.54, 1.807) is 0 Å². The van der Waals surface area contributed by atoms with Crippen molar-refractivity contribution in [1.82, 2.24) is 0 Å². The Bertz CT molecular complexity index is 485. The average molecular weight is 303 g/mol. The zero-order valence-corrected chi connectivity index (χ0v) is 13.9. The van der Waals surface area contributed by atoms with Crippen molar-refractivity contribution < 1.29 is 0 Å². The van der Waals surface area contributed by atoms with Crippen molar-refractivity contribution in [1.29, 1.82) is 0 Å². The van der Waals surface area contributed by atoms with Gasteiger partial charge in [0.1, 0.15) is 0 Å². The lowest BCUT2D eigenvalue weighted by atomic mass is 10.1. The van der Waals surface area contributed by atoms with Crippen molar-refractivity contribution in [2.45, 2.75) is 49.3 Å². The number of aryl methyl sites for hydroxylation is 2. The molecular weight excluding hydrogens is 280 g/mol. The molecule has 0 aromatic heterocycles. The number of hydrogen-bond donors (Lipinski definition) is 0. The Morgan fingerprint density at radius 1 is 0.650 bits per heavy atom. The van der Waals surface area contributed by atoms with E-state index in [0.717, 1.165) is 0 Å². The van der Waals surface area contributed by atoms with Gasteiger partial charge in [0.15, 0.2) is 0 Å². The molecule has 0 aliphatic heterocycles. The first-order valence-corrected chi connectivity index (χ1v) is 9.50. The van der Waals surface area contributed by atoms with Gasteiger partial charge in [-0.3, -0.25) is 0 Å². The molecule has 0 aliphatic carbocycles. The first-order chi connectivity index (χ1) is 9.85. The summed E-state index contributed by atoms with van der Waals surface area (Å²) in [5.74, 6) is 0. The molecule has 2 aromatic carbocycles. The Balaban J connectivity index is 2.09. The molecule has 0 radical (unpaired) electrons. The molecular formula is C18H22S2. The molecule has 20 heavy (non-hydrogen) atoms. The third-order valence-electron chi connectivity index (χ3n) is 3.21. The zero-order valence-electron chi connectivity index (χ0n) is 12.3. The Morgan fingerprint density at radius 3 is 1.45 bits per heavy atom. The molecule has 0 saturated heterocycles. The number of benzene rings is 2. The fourth-order valence-electron chi connectivity index (χ4n) is 2.21. The van der Waals surface area contributed by atoms with Gasteiger partial charge in [-0.1, -0.05) is 84.7 Å². The second-order valence-electron chi connectivity index (χ2n) is 4.88. The Hall–Kier alpha value is -0.860. The summed E-state index contributed by atoms with van der Waals surface area (Å²) in [5.41, 5.74) is 2.95. The highest BCUT2D eigenvalue weighted by Gasteiger charge is 2.06. The van der Waals surface area contributed by atoms with E-state index in [1.807, 2.05) is 21.6 Å². The van der Waals surface area contributed by atoms with E-state index in [9.17, 15) is 0 Å². The van der Waals surface area contributed by atoms with Gasteiger partial charge in [-0.2, -0.15) is 0 Å². The lowest BCUT2D eigenvalue weighted by Gasteiger charge is -2.10. The summed E-state index contributed by atoms with van der Waals surface area (Å²) in [5, 5.41) is 0. The normalized spacial score (nSPS) is 10.7. The van der Waals surface area contributed by atoms with E-state index in [2.05, 4.69) is 62.4 Å². The van der Waals surface area contributed by atoms with Crippen LogP contribution in [-0.4, -0.2) is 0 Å². The Kier molecular flexibility index (Phi) is 6.55. The third-order valence-corrected chi connectivity index (χ3v) is 5.77. The van der Waals surface area contributed by atoms with Gasteiger partial charge in [-0.05, 0) is 36.1 Å². The van der Waals surface area contributed by atoms with E-state index in [0.29, 0.717) is 0 Å². The summed E-state index contributed by atoms with van der Waals surface area (Å²) < 4.78 is 0. The molecule has 0 saturated carbocycles. The predicted octanol–water partition coefficient (Wildman–Crippen LogP) is 6.39. The summed E-state index contributed by atoms with van der Waals surface area (Å²) in [4.78, 5) is 2.82. The van der Waals surface area contributed by atoms with Crippen molar-refractivity contribution in [3.63, 3.8) is 0 Å². The summed E-state index contributed by atoms with van der Waals surface area (Å²) >= 11 is 0. The fraction of sp³-hybridized carbons (Fsp3) is 0.333. The minimum absolute atomic E-state index is 1.17. The number of hydrogen-bond acceptors (Lipinski definition) is 2. The standard InChI is InChI=1S/C18H22S2/c1-3-9-15-11-5-7-13-17(15)19-20-18-14-8-6-12-16(18)10-4-2/h5-8,11-14H,3-4,9-10H2,1-2H3. The third kappa shape index (κ3) is 4.32. The highest BCUT2D eigenvalue weighted by atomic mass is 33.1. The molecule has 106 valence electrons. The van der Waals surface area contributed by atoms with E-state index in [1.165, 1.54) is 46.6 Å². The van der Waals surface area contributed by atoms with Crippen LogP contribution in [0.15, 0.2) is 58.3 Å². The van der Waals surface area contributed by atoms with Gasteiger partial charge in [-0.15, -0.1) is 0 Å². The fourth-order valence-corrected chi connectivity index (χ4v) is 4.73. The summed E-state index contributed by atoms with van der Waals surface area (Å²) in [6.45, 7) is 4.48. The van der Waals surface area contributed by atoms with Gasteiger partial charge >= 0.3 is 0 Å². The molecule has 2 aromatic rings. The van der Waals surface area contributed by atoms with Gasteiger partial charge in [-0.25, -0.2) is 0 Å². The summed E-state index contributed by atoms with van der Waals surface area (Å²) in [6.07, 6.45) is 4.74.